The van der Waals surface area contributed by atoms with Crippen LogP contribution in [0.3, 0.4) is 0 Å². The Morgan fingerprint density at radius 2 is 1.92 bits per heavy atom. The Morgan fingerprint density at radius 1 is 1.08 bits per heavy atom. The predicted octanol–water partition coefficient (Wildman–Crippen LogP) is 4.27. The molecule has 3 aromatic rings. The molecule has 0 fully saturated rings. The Morgan fingerprint density at radius 3 is 2.67 bits per heavy atom. The first kappa shape index (κ1) is 16.0. The summed E-state index contributed by atoms with van der Waals surface area (Å²) in [6.07, 6.45) is 1.70. The van der Waals surface area contributed by atoms with Gasteiger partial charge in [0.15, 0.2) is 0 Å². The van der Waals surface area contributed by atoms with Crippen molar-refractivity contribution in [2.45, 2.75) is 0 Å². The highest BCUT2D eigenvalue weighted by atomic mass is 32.1. The van der Waals surface area contributed by atoms with Gasteiger partial charge >= 0.3 is 0 Å². The van der Waals surface area contributed by atoms with Gasteiger partial charge in [-0.2, -0.15) is 5.10 Å². The molecule has 0 saturated heterocycles. The van der Waals surface area contributed by atoms with Crippen LogP contribution >= 0.6 is 11.3 Å². The topological polar surface area (TPSA) is 55.7 Å². The van der Waals surface area contributed by atoms with Crippen LogP contribution in [0.5, 0.6) is 11.5 Å². The number of hydrazone groups is 1. The fraction of sp³-hybridized carbons (Fsp3) is 0.111. The van der Waals surface area contributed by atoms with Gasteiger partial charge in [0, 0.05) is 22.6 Å². The highest BCUT2D eigenvalue weighted by molar-refractivity contribution is 7.14. The van der Waals surface area contributed by atoms with Crippen LogP contribution in [0.2, 0.25) is 0 Å². The lowest BCUT2D eigenvalue weighted by Gasteiger charge is -2.06. The lowest BCUT2D eigenvalue weighted by molar-refractivity contribution is 0.394. The average Bonchev–Trinajstić information content (AvgIpc) is 3.11. The van der Waals surface area contributed by atoms with Crippen molar-refractivity contribution in [3.8, 4) is 22.8 Å². The second kappa shape index (κ2) is 7.61. The van der Waals surface area contributed by atoms with Crippen molar-refractivity contribution in [1.82, 2.24) is 4.98 Å². The molecule has 0 amide bonds. The maximum absolute atomic E-state index is 5.34. The summed E-state index contributed by atoms with van der Waals surface area (Å²) < 4.78 is 10.5. The number of nitrogens with zero attached hydrogens (tertiary/aromatic N) is 2. The van der Waals surface area contributed by atoms with Crippen molar-refractivity contribution in [2.75, 3.05) is 19.6 Å². The normalized spacial score (nSPS) is 10.8. The molecular formula is C18H17N3O2S. The summed E-state index contributed by atoms with van der Waals surface area (Å²) in [4.78, 5) is 4.52. The molecule has 0 bridgehead atoms. The lowest BCUT2D eigenvalue weighted by atomic mass is 10.2. The van der Waals surface area contributed by atoms with Crippen molar-refractivity contribution < 1.29 is 9.47 Å². The molecule has 5 nitrogen and oxygen atoms in total. The third-order valence-corrected chi connectivity index (χ3v) is 4.13. The highest BCUT2D eigenvalue weighted by Crippen LogP contribution is 2.25. The van der Waals surface area contributed by atoms with Crippen molar-refractivity contribution in [2.24, 2.45) is 5.10 Å². The smallest absolute Gasteiger partial charge is 0.203 e. The number of benzene rings is 2. The number of methoxy groups -OCH3 is 2. The number of rotatable bonds is 6. The van der Waals surface area contributed by atoms with Gasteiger partial charge in [0.1, 0.15) is 11.5 Å². The van der Waals surface area contributed by atoms with E-state index in [2.05, 4.69) is 15.5 Å². The molecule has 122 valence electrons. The summed E-state index contributed by atoms with van der Waals surface area (Å²) in [5.41, 5.74) is 5.82. The Bertz CT molecular complexity index is 831. The molecule has 2 aromatic carbocycles. The molecule has 24 heavy (non-hydrogen) atoms. The van der Waals surface area contributed by atoms with E-state index in [1.807, 2.05) is 53.9 Å². The van der Waals surface area contributed by atoms with Crippen LogP contribution in [0.1, 0.15) is 5.56 Å². The number of anilines is 1. The molecule has 0 radical (unpaired) electrons. The highest BCUT2D eigenvalue weighted by Gasteiger charge is 2.04. The third-order valence-electron chi connectivity index (χ3n) is 3.38. The molecule has 1 heterocycles. The quantitative estimate of drug-likeness (QED) is 0.538. The van der Waals surface area contributed by atoms with Gasteiger partial charge in [0.25, 0.3) is 0 Å². The first-order chi connectivity index (χ1) is 11.8. The molecule has 0 atom stereocenters. The van der Waals surface area contributed by atoms with E-state index >= 15 is 0 Å². The van der Waals surface area contributed by atoms with E-state index in [1.54, 1.807) is 20.4 Å². The van der Waals surface area contributed by atoms with Crippen LogP contribution in [0.4, 0.5) is 5.13 Å². The van der Waals surface area contributed by atoms with Crippen molar-refractivity contribution in [3.05, 3.63) is 59.5 Å². The largest absolute Gasteiger partial charge is 0.497 e. The Kier molecular flexibility index (Phi) is 5.08. The van der Waals surface area contributed by atoms with Crippen molar-refractivity contribution in [3.63, 3.8) is 0 Å². The minimum Gasteiger partial charge on any atom is -0.497 e. The molecule has 6 heteroatoms. The minimum absolute atomic E-state index is 0.698. The van der Waals surface area contributed by atoms with Gasteiger partial charge in [-0.3, -0.25) is 5.43 Å². The van der Waals surface area contributed by atoms with Gasteiger partial charge in [-0.15, -0.1) is 11.3 Å². The van der Waals surface area contributed by atoms with Gasteiger partial charge < -0.3 is 9.47 Å². The fourth-order valence-corrected chi connectivity index (χ4v) is 2.82. The maximum Gasteiger partial charge on any atom is 0.203 e. The second-order valence-electron chi connectivity index (χ2n) is 4.88. The Hall–Kier alpha value is -2.86. The Balaban J connectivity index is 1.70. The van der Waals surface area contributed by atoms with Crippen LogP contribution in [-0.2, 0) is 0 Å². The van der Waals surface area contributed by atoms with E-state index < -0.39 is 0 Å². The fourth-order valence-electron chi connectivity index (χ4n) is 2.15. The Labute approximate surface area is 144 Å². The number of hydrogen-bond donors (Lipinski definition) is 1. The molecule has 0 saturated carbocycles. The third kappa shape index (κ3) is 3.72. The summed E-state index contributed by atoms with van der Waals surface area (Å²) in [7, 11) is 3.24. The van der Waals surface area contributed by atoms with Crippen molar-refractivity contribution >= 4 is 22.7 Å². The molecule has 3 rings (SSSR count). The number of nitrogens with one attached hydrogen (secondary N) is 1. The first-order valence-corrected chi connectivity index (χ1v) is 8.20. The van der Waals surface area contributed by atoms with Crippen LogP contribution in [0.25, 0.3) is 11.3 Å². The van der Waals surface area contributed by atoms with Gasteiger partial charge in [0.2, 0.25) is 5.13 Å². The van der Waals surface area contributed by atoms with Gasteiger partial charge in [-0.1, -0.05) is 30.3 Å². The van der Waals surface area contributed by atoms with Gasteiger partial charge in [-0.05, 0) is 12.1 Å². The second-order valence-corrected chi connectivity index (χ2v) is 5.74. The SMILES string of the molecule is COc1ccc(C=NNc2nc(-c3ccccc3)cs2)c(OC)c1. The molecule has 0 unspecified atom stereocenters. The number of aromatic nitrogens is 1. The van der Waals surface area contributed by atoms with Crippen LogP contribution in [-0.4, -0.2) is 25.4 Å². The zero-order valence-corrected chi connectivity index (χ0v) is 14.2. The lowest BCUT2D eigenvalue weighted by Crippen LogP contribution is -1.95. The van der Waals surface area contributed by atoms with Gasteiger partial charge in [0.05, 0.1) is 26.1 Å². The summed E-state index contributed by atoms with van der Waals surface area (Å²) in [5.74, 6) is 1.44. The summed E-state index contributed by atoms with van der Waals surface area (Å²) >= 11 is 1.51. The van der Waals surface area contributed by atoms with Crippen molar-refractivity contribution in [1.29, 1.82) is 0 Å². The van der Waals surface area contributed by atoms with E-state index in [0.717, 1.165) is 27.7 Å². The van der Waals surface area contributed by atoms with E-state index in [9.17, 15) is 0 Å². The standard InChI is InChI=1S/C18H17N3O2S/c1-22-15-9-8-14(17(10-15)23-2)11-19-21-18-20-16(12-24-18)13-6-4-3-5-7-13/h3-12H,1-2H3,(H,20,21). The van der Waals surface area contributed by atoms with Crippen LogP contribution < -0.4 is 14.9 Å². The zero-order valence-electron chi connectivity index (χ0n) is 13.4. The maximum atomic E-state index is 5.34. The number of ether oxygens (including phenoxy) is 2. The predicted molar refractivity (Wildman–Crippen MR) is 98.3 cm³/mol. The molecule has 1 N–H and O–H groups in total. The molecule has 0 aliphatic heterocycles. The van der Waals surface area contributed by atoms with Crippen LogP contribution in [0, 0.1) is 0 Å². The molecule has 0 aliphatic rings. The molecular weight excluding hydrogens is 322 g/mol. The average molecular weight is 339 g/mol. The van der Waals surface area contributed by atoms with E-state index in [4.69, 9.17) is 9.47 Å². The summed E-state index contributed by atoms with van der Waals surface area (Å²) in [6.45, 7) is 0. The van der Waals surface area contributed by atoms with E-state index in [0.29, 0.717) is 5.75 Å². The molecule has 0 spiro atoms. The van der Waals surface area contributed by atoms with Crippen LogP contribution in [0.15, 0.2) is 59.0 Å². The van der Waals surface area contributed by atoms with E-state index in [-0.39, 0.29) is 0 Å². The zero-order chi connectivity index (χ0) is 16.8. The number of hydrogen-bond acceptors (Lipinski definition) is 6. The van der Waals surface area contributed by atoms with E-state index in [1.165, 1.54) is 11.3 Å². The first-order valence-electron chi connectivity index (χ1n) is 7.32. The summed E-state index contributed by atoms with van der Waals surface area (Å²) in [6, 6.07) is 15.6. The monoisotopic (exact) mass is 339 g/mol. The minimum atomic E-state index is 0.698. The van der Waals surface area contributed by atoms with Gasteiger partial charge in [-0.25, -0.2) is 4.98 Å². The summed E-state index contributed by atoms with van der Waals surface area (Å²) in [5, 5.41) is 6.97. The number of thiazole rings is 1. The molecule has 1 aromatic heterocycles. The molecule has 0 aliphatic carbocycles.